The summed E-state index contributed by atoms with van der Waals surface area (Å²) < 4.78 is 2.02. The van der Waals surface area contributed by atoms with Crippen LogP contribution in [0.1, 0.15) is 24.5 Å². The van der Waals surface area contributed by atoms with Gasteiger partial charge in [-0.3, -0.25) is 4.79 Å². The lowest BCUT2D eigenvalue weighted by Crippen LogP contribution is -2.47. The van der Waals surface area contributed by atoms with Gasteiger partial charge < -0.3 is 14.8 Å². The van der Waals surface area contributed by atoms with E-state index in [1.807, 2.05) is 15.7 Å². The van der Waals surface area contributed by atoms with E-state index in [1.54, 1.807) is 6.33 Å². The second kappa shape index (κ2) is 4.49. The SMILES string of the molecule is O=C(Cn1cncc1C1CC1)N1CCNCC1. The van der Waals surface area contributed by atoms with Crippen LogP contribution in [0.15, 0.2) is 12.5 Å². The van der Waals surface area contributed by atoms with Crippen LogP contribution >= 0.6 is 0 Å². The molecule has 92 valence electrons. The van der Waals surface area contributed by atoms with Crippen molar-refractivity contribution in [3.05, 3.63) is 18.2 Å². The maximum Gasteiger partial charge on any atom is 0.242 e. The number of aromatic nitrogens is 2. The van der Waals surface area contributed by atoms with Crippen LogP contribution in [-0.4, -0.2) is 46.5 Å². The molecule has 3 rings (SSSR count). The summed E-state index contributed by atoms with van der Waals surface area (Å²) in [5.41, 5.74) is 1.23. The molecule has 0 spiro atoms. The molecule has 2 heterocycles. The molecule has 1 saturated heterocycles. The number of rotatable bonds is 3. The minimum absolute atomic E-state index is 0.214. The number of carbonyl (C=O) groups excluding carboxylic acids is 1. The molecule has 0 aromatic carbocycles. The second-order valence-corrected chi connectivity index (χ2v) is 4.85. The summed E-state index contributed by atoms with van der Waals surface area (Å²) in [6.07, 6.45) is 6.18. The van der Waals surface area contributed by atoms with Crippen LogP contribution in [0.25, 0.3) is 0 Å². The van der Waals surface area contributed by atoms with Gasteiger partial charge in [-0.25, -0.2) is 4.98 Å². The summed E-state index contributed by atoms with van der Waals surface area (Å²) in [7, 11) is 0. The molecule has 1 N–H and O–H groups in total. The normalized spacial score (nSPS) is 20.6. The third-order valence-electron chi connectivity index (χ3n) is 3.52. The van der Waals surface area contributed by atoms with Gasteiger partial charge in [-0.1, -0.05) is 0 Å². The molecule has 1 aromatic heterocycles. The smallest absolute Gasteiger partial charge is 0.242 e. The number of nitrogens with zero attached hydrogens (tertiary/aromatic N) is 3. The van der Waals surface area contributed by atoms with Gasteiger partial charge in [0.1, 0.15) is 6.54 Å². The molecule has 0 atom stereocenters. The summed E-state index contributed by atoms with van der Waals surface area (Å²) >= 11 is 0. The number of hydrogen-bond donors (Lipinski definition) is 1. The molecule has 0 bridgehead atoms. The highest BCUT2D eigenvalue weighted by molar-refractivity contribution is 5.76. The first-order valence-corrected chi connectivity index (χ1v) is 6.33. The highest BCUT2D eigenvalue weighted by Crippen LogP contribution is 2.39. The van der Waals surface area contributed by atoms with E-state index in [0.29, 0.717) is 12.5 Å². The van der Waals surface area contributed by atoms with Crippen LogP contribution < -0.4 is 5.32 Å². The van der Waals surface area contributed by atoms with E-state index in [-0.39, 0.29) is 5.91 Å². The Hall–Kier alpha value is -1.36. The summed E-state index contributed by atoms with van der Waals surface area (Å²) in [6.45, 7) is 3.92. The lowest BCUT2D eigenvalue weighted by molar-refractivity contribution is -0.132. The average Bonchev–Trinajstić information content (AvgIpc) is 3.11. The Morgan fingerprint density at radius 1 is 1.41 bits per heavy atom. The molecule has 1 aliphatic carbocycles. The molecule has 0 radical (unpaired) electrons. The predicted molar refractivity (Wildman–Crippen MR) is 63.7 cm³/mol. The summed E-state index contributed by atoms with van der Waals surface area (Å²) in [5.74, 6) is 0.861. The van der Waals surface area contributed by atoms with Gasteiger partial charge in [-0.05, 0) is 12.8 Å². The van der Waals surface area contributed by atoms with Crippen molar-refractivity contribution in [2.75, 3.05) is 26.2 Å². The van der Waals surface area contributed by atoms with Gasteiger partial charge in [0.05, 0.1) is 6.33 Å². The summed E-state index contributed by atoms with van der Waals surface area (Å²) in [6, 6.07) is 0. The summed E-state index contributed by atoms with van der Waals surface area (Å²) in [4.78, 5) is 18.2. The third-order valence-corrected chi connectivity index (χ3v) is 3.52. The van der Waals surface area contributed by atoms with Crippen molar-refractivity contribution in [3.8, 4) is 0 Å². The van der Waals surface area contributed by atoms with Crippen LogP contribution in [-0.2, 0) is 11.3 Å². The Bertz CT molecular complexity index is 404. The number of imidazole rings is 1. The second-order valence-electron chi connectivity index (χ2n) is 4.85. The minimum Gasteiger partial charge on any atom is -0.339 e. The fourth-order valence-electron chi connectivity index (χ4n) is 2.34. The molecule has 1 aliphatic heterocycles. The molecule has 1 amide bonds. The highest BCUT2D eigenvalue weighted by atomic mass is 16.2. The standard InChI is InChI=1S/C12H18N4O/c17-12(15-5-3-13-4-6-15)8-16-9-14-7-11(16)10-1-2-10/h7,9-10,13H,1-6,8H2. The van der Waals surface area contributed by atoms with Gasteiger partial charge >= 0.3 is 0 Å². The fourth-order valence-corrected chi connectivity index (χ4v) is 2.34. The molecule has 1 aromatic rings. The average molecular weight is 234 g/mol. The zero-order valence-electron chi connectivity index (χ0n) is 9.93. The van der Waals surface area contributed by atoms with Crippen LogP contribution in [0.3, 0.4) is 0 Å². The van der Waals surface area contributed by atoms with Crippen molar-refractivity contribution in [2.24, 2.45) is 0 Å². The first-order chi connectivity index (χ1) is 8.34. The van der Waals surface area contributed by atoms with E-state index < -0.39 is 0 Å². The van der Waals surface area contributed by atoms with Crippen LogP contribution in [0.4, 0.5) is 0 Å². The largest absolute Gasteiger partial charge is 0.339 e. The van der Waals surface area contributed by atoms with Crippen molar-refractivity contribution < 1.29 is 4.79 Å². The Morgan fingerprint density at radius 3 is 2.88 bits per heavy atom. The molecular weight excluding hydrogens is 216 g/mol. The topological polar surface area (TPSA) is 50.2 Å². The number of carbonyl (C=O) groups is 1. The first-order valence-electron chi connectivity index (χ1n) is 6.33. The highest BCUT2D eigenvalue weighted by Gasteiger charge is 2.27. The Balaban J connectivity index is 1.64. The molecule has 2 aliphatic rings. The third kappa shape index (κ3) is 2.34. The number of amides is 1. The van der Waals surface area contributed by atoms with Crippen LogP contribution in [0, 0.1) is 0 Å². The van der Waals surface area contributed by atoms with Crippen molar-refractivity contribution in [1.29, 1.82) is 0 Å². The quantitative estimate of drug-likeness (QED) is 0.812. The summed E-state index contributed by atoms with van der Waals surface area (Å²) in [5, 5.41) is 3.26. The minimum atomic E-state index is 0.214. The molecule has 2 fully saturated rings. The van der Waals surface area contributed by atoms with Gasteiger partial charge in [-0.15, -0.1) is 0 Å². The first kappa shape index (κ1) is 10.8. The van der Waals surface area contributed by atoms with Gasteiger partial charge in [0.2, 0.25) is 5.91 Å². The Labute approximate surface area is 101 Å². The Kier molecular flexibility index (Phi) is 2.84. The molecule has 5 heteroatoms. The molecular formula is C12H18N4O. The van der Waals surface area contributed by atoms with E-state index in [2.05, 4.69) is 10.3 Å². The van der Waals surface area contributed by atoms with Gasteiger partial charge in [0, 0.05) is 44.0 Å². The van der Waals surface area contributed by atoms with E-state index >= 15 is 0 Å². The van der Waals surface area contributed by atoms with Gasteiger partial charge in [0.15, 0.2) is 0 Å². The lowest BCUT2D eigenvalue weighted by Gasteiger charge is -2.27. The maximum atomic E-state index is 12.1. The zero-order chi connectivity index (χ0) is 11.7. The predicted octanol–water partition coefficient (Wildman–Crippen LogP) is 0.192. The van der Waals surface area contributed by atoms with Crippen molar-refractivity contribution in [1.82, 2.24) is 19.8 Å². The molecule has 1 saturated carbocycles. The van der Waals surface area contributed by atoms with Crippen LogP contribution in [0.2, 0.25) is 0 Å². The molecule has 0 unspecified atom stereocenters. The number of hydrogen-bond acceptors (Lipinski definition) is 3. The zero-order valence-corrected chi connectivity index (χ0v) is 9.93. The fraction of sp³-hybridized carbons (Fsp3) is 0.667. The van der Waals surface area contributed by atoms with E-state index in [9.17, 15) is 4.79 Å². The molecule has 5 nitrogen and oxygen atoms in total. The lowest BCUT2D eigenvalue weighted by atomic mass is 10.3. The van der Waals surface area contributed by atoms with Gasteiger partial charge in [-0.2, -0.15) is 0 Å². The van der Waals surface area contributed by atoms with E-state index in [4.69, 9.17) is 0 Å². The van der Waals surface area contributed by atoms with Crippen molar-refractivity contribution in [3.63, 3.8) is 0 Å². The van der Waals surface area contributed by atoms with Gasteiger partial charge in [0.25, 0.3) is 0 Å². The van der Waals surface area contributed by atoms with E-state index in [1.165, 1.54) is 18.5 Å². The van der Waals surface area contributed by atoms with Crippen molar-refractivity contribution in [2.45, 2.75) is 25.3 Å². The van der Waals surface area contributed by atoms with Crippen molar-refractivity contribution >= 4 is 5.91 Å². The monoisotopic (exact) mass is 234 g/mol. The maximum absolute atomic E-state index is 12.1. The Morgan fingerprint density at radius 2 is 2.18 bits per heavy atom. The number of nitrogens with one attached hydrogen (secondary N) is 1. The van der Waals surface area contributed by atoms with E-state index in [0.717, 1.165) is 26.2 Å². The number of piperazine rings is 1. The molecule has 17 heavy (non-hydrogen) atoms. The van der Waals surface area contributed by atoms with Crippen LogP contribution in [0.5, 0.6) is 0 Å².